The Kier molecular flexibility index (Phi) is 16.3. The number of carbonyl (C=O) groups is 1. The van der Waals surface area contributed by atoms with Crippen LogP contribution >= 0.6 is 45.2 Å². The Morgan fingerprint density at radius 3 is 2.40 bits per heavy atom. The molecule has 0 atom stereocenters. The fourth-order valence-electron chi connectivity index (χ4n) is 6.72. The van der Waals surface area contributed by atoms with E-state index in [9.17, 15) is 4.79 Å². The van der Waals surface area contributed by atoms with Gasteiger partial charge in [-0.2, -0.15) is 0 Å². The number of halogens is 2. The first-order valence-electron chi connectivity index (χ1n) is 19.1. The van der Waals surface area contributed by atoms with Gasteiger partial charge in [0.25, 0.3) is 0 Å². The quantitative estimate of drug-likeness (QED) is 0.0552. The maximum atomic E-state index is 13.6. The Morgan fingerprint density at radius 2 is 1.66 bits per heavy atom. The van der Waals surface area contributed by atoms with Gasteiger partial charge in [0.1, 0.15) is 23.7 Å². The second kappa shape index (κ2) is 20.8. The number of ketones is 1. The normalized spacial score (nSPS) is 13.8. The number of imidazole rings is 1. The molecule has 0 amide bonds. The number of furan rings is 1. The summed E-state index contributed by atoms with van der Waals surface area (Å²) in [7, 11) is 2.20. The van der Waals surface area contributed by atoms with Crippen LogP contribution in [0.1, 0.15) is 68.6 Å². The number of likely N-dealkylation sites (N-methyl/N-ethyl adjacent to an activating group) is 2. The zero-order chi connectivity index (χ0) is 37.7. The largest absolute Gasteiger partial charge is 0.490 e. The van der Waals surface area contributed by atoms with E-state index in [4.69, 9.17) is 18.9 Å². The number of hydrogen-bond acceptors (Lipinski definition) is 8. The first kappa shape index (κ1) is 41.4. The van der Waals surface area contributed by atoms with Crippen LogP contribution in [-0.2, 0) is 17.7 Å². The second-order valence-corrected chi connectivity index (χ2v) is 15.7. The van der Waals surface area contributed by atoms with Crippen molar-refractivity contribution in [3.05, 3.63) is 84.7 Å². The molecule has 0 saturated carbocycles. The Bertz CT molecular complexity index is 1900. The zero-order valence-electron chi connectivity index (χ0n) is 32.0. The molecule has 2 aromatic heterocycles. The fraction of sp³-hybridized carbons (Fsp3) is 0.476. The summed E-state index contributed by atoms with van der Waals surface area (Å²) in [5, 5.41) is 0.892. The minimum Gasteiger partial charge on any atom is -0.490 e. The molecule has 0 aliphatic carbocycles. The third-order valence-corrected chi connectivity index (χ3v) is 11.4. The number of rotatable bonds is 16. The maximum Gasteiger partial charge on any atom is 0.206 e. The van der Waals surface area contributed by atoms with Crippen LogP contribution in [0.4, 0.5) is 5.95 Å². The predicted octanol–water partition coefficient (Wildman–Crippen LogP) is 9.15. The Balaban J connectivity index is 0.000000216. The van der Waals surface area contributed by atoms with Crippen molar-refractivity contribution in [1.29, 1.82) is 0 Å². The van der Waals surface area contributed by atoms with Crippen molar-refractivity contribution in [3.63, 3.8) is 0 Å². The van der Waals surface area contributed by atoms with Gasteiger partial charge in [-0.1, -0.05) is 57.5 Å². The van der Waals surface area contributed by atoms with E-state index < -0.39 is 0 Å². The number of para-hydroxylation sites is 3. The van der Waals surface area contributed by atoms with Gasteiger partial charge in [-0.15, -0.1) is 0 Å². The molecule has 1 fully saturated rings. The van der Waals surface area contributed by atoms with Crippen LogP contribution in [0.2, 0.25) is 0 Å². The van der Waals surface area contributed by atoms with Gasteiger partial charge in [-0.3, -0.25) is 4.79 Å². The molecule has 53 heavy (non-hydrogen) atoms. The predicted molar refractivity (Wildman–Crippen MR) is 234 cm³/mol. The molecule has 11 heteroatoms. The molecule has 0 radical (unpaired) electrons. The van der Waals surface area contributed by atoms with Crippen LogP contribution in [-0.4, -0.2) is 97.8 Å². The van der Waals surface area contributed by atoms with E-state index in [1.54, 1.807) is 0 Å². The van der Waals surface area contributed by atoms with Gasteiger partial charge >= 0.3 is 0 Å². The number of aryl methyl sites for hydroxylation is 1. The average molecular weight is 948 g/mol. The van der Waals surface area contributed by atoms with E-state index in [2.05, 4.69) is 117 Å². The van der Waals surface area contributed by atoms with E-state index in [0.717, 1.165) is 126 Å². The third kappa shape index (κ3) is 10.7. The van der Waals surface area contributed by atoms with Crippen molar-refractivity contribution in [3.8, 4) is 5.75 Å². The minimum atomic E-state index is 0.0153. The van der Waals surface area contributed by atoms with Crippen molar-refractivity contribution in [2.45, 2.75) is 59.9 Å². The SMILES string of the molecule is CCCCc1oc2ccccc2c1C(=O)c1cc(I)c(OCCN(CC)CC)c(I)c1.CCOCCn1c(N2CCCN(C)CC2)nc2ccccc21. The monoisotopic (exact) mass is 947 g/mol. The highest BCUT2D eigenvalue weighted by molar-refractivity contribution is 14.1. The highest BCUT2D eigenvalue weighted by Crippen LogP contribution is 2.33. The summed E-state index contributed by atoms with van der Waals surface area (Å²) >= 11 is 4.54. The molecule has 0 bridgehead atoms. The molecule has 5 aromatic rings. The number of unbranched alkanes of at least 4 members (excludes halogenated alkanes) is 1. The highest BCUT2D eigenvalue weighted by atomic mass is 127. The molecule has 1 saturated heterocycles. The lowest BCUT2D eigenvalue weighted by Gasteiger charge is -2.23. The molecular formula is C42H55I2N5O4. The molecule has 1 aliphatic rings. The van der Waals surface area contributed by atoms with E-state index in [1.807, 2.05) is 43.3 Å². The number of benzene rings is 3. The van der Waals surface area contributed by atoms with E-state index in [1.165, 1.54) is 11.9 Å². The van der Waals surface area contributed by atoms with E-state index >= 15 is 0 Å². The first-order valence-corrected chi connectivity index (χ1v) is 21.3. The molecule has 0 N–H and O–H groups in total. The minimum absolute atomic E-state index is 0.0153. The summed E-state index contributed by atoms with van der Waals surface area (Å²) in [4.78, 5) is 25.6. The van der Waals surface area contributed by atoms with Gasteiger partial charge in [0.15, 0.2) is 5.78 Å². The first-order chi connectivity index (χ1) is 25.8. The number of anilines is 1. The van der Waals surface area contributed by atoms with E-state index in [0.29, 0.717) is 17.7 Å². The summed E-state index contributed by atoms with van der Waals surface area (Å²) in [5.74, 6) is 2.75. The van der Waals surface area contributed by atoms with Crippen molar-refractivity contribution in [2.24, 2.45) is 0 Å². The Labute approximate surface area is 342 Å². The van der Waals surface area contributed by atoms with Crippen LogP contribution in [0.3, 0.4) is 0 Å². The molecule has 286 valence electrons. The van der Waals surface area contributed by atoms with Gasteiger partial charge < -0.3 is 33.2 Å². The summed E-state index contributed by atoms with van der Waals surface area (Å²) in [5.41, 5.74) is 4.43. The number of carbonyl (C=O) groups excluding carboxylic acids is 1. The fourth-order valence-corrected chi connectivity index (χ4v) is 8.80. The van der Waals surface area contributed by atoms with Crippen molar-refractivity contribution in [1.82, 2.24) is 19.4 Å². The molecule has 9 nitrogen and oxygen atoms in total. The number of nitrogens with zero attached hydrogens (tertiary/aromatic N) is 5. The molecule has 3 aromatic carbocycles. The summed E-state index contributed by atoms with van der Waals surface area (Å²) in [6.07, 6.45) is 4.01. The summed E-state index contributed by atoms with van der Waals surface area (Å²) in [6, 6.07) is 20.1. The molecule has 6 rings (SSSR count). The number of aromatic nitrogens is 2. The standard InChI is InChI=1S/C25H29I2NO3.C17H26N4O/c1-4-7-11-22-23(18-10-8-9-12-21(18)31-22)24(29)17-15-19(26)25(20(27)16-17)30-14-13-28(5-2)6-3;1-3-22-14-13-21-16-8-5-4-7-15(16)18-17(21)20-10-6-9-19(2)11-12-20/h8-10,12,15-16H,4-7,11,13-14H2,1-3H3;4-5,7-8H,3,6,9-14H2,1-2H3. The third-order valence-electron chi connectivity index (χ3n) is 9.76. The van der Waals surface area contributed by atoms with Gasteiger partial charge in [0, 0.05) is 56.7 Å². The lowest BCUT2D eigenvalue weighted by Crippen LogP contribution is -2.31. The van der Waals surface area contributed by atoms with Gasteiger partial charge in [0.05, 0.1) is 30.3 Å². The molecule has 0 spiro atoms. The number of fused-ring (bicyclic) bond motifs is 2. The van der Waals surface area contributed by atoms with Crippen LogP contribution in [0.15, 0.2) is 65.1 Å². The van der Waals surface area contributed by atoms with Crippen LogP contribution in [0.25, 0.3) is 22.0 Å². The molecular weight excluding hydrogens is 892 g/mol. The summed E-state index contributed by atoms with van der Waals surface area (Å²) < 4.78 is 21.9. The Hall–Kier alpha value is -2.72. The number of ether oxygens (including phenoxy) is 2. The second-order valence-electron chi connectivity index (χ2n) is 13.4. The summed E-state index contributed by atoms with van der Waals surface area (Å²) in [6.45, 7) is 18.8. The smallest absolute Gasteiger partial charge is 0.206 e. The highest BCUT2D eigenvalue weighted by Gasteiger charge is 2.24. The molecule has 3 heterocycles. The average Bonchev–Trinajstić information content (AvgIpc) is 3.64. The Morgan fingerprint density at radius 1 is 0.925 bits per heavy atom. The molecule has 0 unspecified atom stereocenters. The van der Waals surface area contributed by atoms with Gasteiger partial charge in [0.2, 0.25) is 5.95 Å². The van der Waals surface area contributed by atoms with Crippen LogP contribution in [0.5, 0.6) is 5.75 Å². The van der Waals surface area contributed by atoms with Crippen molar-refractivity contribution in [2.75, 3.05) is 77.6 Å². The van der Waals surface area contributed by atoms with Gasteiger partial charge in [-0.25, -0.2) is 4.98 Å². The maximum absolute atomic E-state index is 13.6. The van der Waals surface area contributed by atoms with Crippen LogP contribution < -0.4 is 9.64 Å². The number of hydrogen-bond donors (Lipinski definition) is 0. The lowest BCUT2D eigenvalue weighted by atomic mass is 9.98. The van der Waals surface area contributed by atoms with Crippen LogP contribution in [0, 0.1) is 7.14 Å². The molecule has 1 aliphatic heterocycles. The van der Waals surface area contributed by atoms with E-state index in [-0.39, 0.29) is 5.78 Å². The van der Waals surface area contributed by atoms with Crippen molar-refractivity contribution >= 4 is 78.9 Å². The zero-order valence-corrected chi connectivity index (χ0v) is 36.3. The lowest BCUT2D eigenvalue weighted by molar-refractivity contribution is 0.103. The van der Waals surface area contributed by atoms with Crippen molar-refractivity contribution < 1.29 is 18.7 Å². The topological polar surface area (TPSA) is 76.2 Å². The van der Waals surface area contributed by atoms with Gasteiger partial charge in [-0.05, 0) is 122 Å².